The van der Waals surface area contributed by atoms with Gasteiger partial charge in [0.1, 0.15) is 0 Å². The average Bonchev–Trinajstić information content (AvgIpc) is 3.34. The van der Waals surface area contributed by atoms with Gasteiger partial charge in [-0.1, -0.05) is 6.07 Å². The van der Waals surface area contributed by atoms with Gasteiger partial charge in [-0.05, 0) is 63.8 Å². The first-order valence-corrected chi connectivity index (χ1v) is 11.2. The molecule has 0 saturated carbocycles. The highest BCUT2D eigenvalue weighted by Crippen LogP contribution is 2.33. The lowest BCUT2D eigenvalue weighted by Crippen LogP contribution is -2.44. The molecule has 150 valence electrons. The Kier molecular flexibility index (Phi) is 4.62. The second kappa shape index (κ2) is 6.74. The van der Waals surface area contributed by atoms with Crippen LogP contribution in [0.1, 0.15) is 34.1 Å². The number of H-pyrrole nitrogens is 1. The fraction of sp³-hybridized carbons (Fsp3) is 0.476. The van der Waals surface area contributed by atoms with Gasteiger partial charge in [0.15, 0.2) is 0 Å². The van der Waals surface area contributed by atoms with Gasteiger partial charge < -0.3 is 4.57 Å². The minimum absolute atomic E-state index is 0.0451. The maximum Gasteiger partial charge on any atom is 0.219 e. The second-order valence-corrected chi connectivity index (χ2v) is 11.5. The van der Waals surface area contributed by atoms with E-state index in [2.05, 4.69) is 45.2 Å². The smallest absolute Gasteiger partial charge is 0.219 e. The largest absolute Gasteiger partial charge is 0.347 e. The van der Waals surface area contributed by atoms with Crippen LogP contribution in [0, 0.1) is 5.92 Å². The van der Waals surface area contributed by atoms with Gasteiger partial charge >= 0.3 is 0 Å². The Balaban J connectivity index is 1.54. The zero-order chi connectivity index (χ0) is 20.1. The molecule has 1 N–H and O–H groups in total. The SMILES string of the molecule is CC1CC(Cn2ccc3cc(-c4cn[nH]c4)ccc32)CN1S(=O)(=O)C(C)(C)C. The maximum absolute atomic E-state index is 12.9. The molecule has 1 aromatic carbocycles. The van der Waals surface area contributed by atoms with Crippen molar-refractivity contribution in [1.82, 2.24) is 19.1 Å². The van der Waals surface area contributed by atoms with E-state index in [-0.39, 0.29) is 6.04 Å². The molecule has 1 fully saturated rings. The van der Waals surface area contributed by atoms with Gasteiger partial charge in [-0.25, -0.2) is 8.42 Å². The Morgan fingerprint density at radius 2 is 2.00 bits per heavy atom. The lowest BCUT2D eigenvalue weighted by molar-refractivity contribution is 0.384. The van der Waals surface area contributed by atoms with Gasteiger partial charge in [0.25, 0.3) is 0 Å². The summed E-state index contributed by atoms with van der Waals surface area (Å²) >= 11 is 0. The lowest BCUT2D eigenvalue weighted by atomic mass is 10.1. The summed E-state index contributed by atoms with van der Waals surface area (Å²) in [5.41, 5.74) is 3.38. The second-order valence-electron chi connectivity index (χ2n) is 8.87. The van der Waals surface area contributed by atoms with Crippen LogP contribution in [0.3, 0.4) is 0 Å². The van der Waals surface area contributed by atoms with Crippen LogP contribution in [0.5, 0.6) is 0 Å². The molecular weight excluding hydrogens is 372 g/mol. The Morgan fingerprint density at radius 3 is 2.68 bits per heavy atom. The lowest BCUT2D eigenvalue weighted by Gasteiger charge is -2.29. The third-order valence-electron chi connectivity index (χ3n) is 5.74. The van der Waals surface area contributed by atoms with Crippen molar-refractivity contribution < 1.29 is 8.42 Å². The molecule has 2 unspecified atom stereocenters. The van der Waals surface area contributed by atoms with Crippen LogP contribution in [0.2, 0.25) is 0 Å². The minimum Gasteiger partial charge on any atom is -0.347 e. The molecule has 6 nitrogen and oxygen atoms in total. The summed E-state index contributed by atoms with van der Waals surface area (Å²) in [7, 11) is -3.30. The molecule has 1 saturated heterocycles. The summed E-state index contributed by atoms with van der Waals surface area (Å²) < 4.78 is 29.0. The fourth-order valence-electron chi connectivity index (χ4n) is 4.15. The number of sulfonamides is 1. The average molecular weight is 401 g/mol. The van der Waals surface area contributed by atoms with E-state index in [1.807, 2.05) is 19.3 Å². The normalized spacial score (nSPS) is 21.6. The van der Waals surface area contributed by atoms with Crippen molar-refractivity contribution in [2.24, 2.45) is 5.92 Å². The van der Waals surface area contributed by atoms with Crippen LogP contribution in [-0.4, -0.2) is 44.8 Å². The monoisotopic (exact) mass is 400 g/mol. The van der Waals surface area contributed by atoms with Crippen LogP contribution in [-0.2, 0) is 16.6 Å². The Bertz CT molecular complexity index is 1080. The predicted molar refractivity (Wildman–Crippen MR) is 112 cm³/mol. The van der Waals surface area contributed by atoms with Crippen molar-refractivity contribution in [2.75, 3.05) is 6.54 Å². The number of hydrogen-bond donors (Lipinski definition) is 1. The van der Waals surface area contributed by atoms with Gasteiger partial charge in [0.05, 0.1) is 10.9 Å². The topological polar surface area (TPSA) is 71.0 Å². The molecule has 4 rings (SSSR count). The van der Waals surface area contributed by atoms with Gasteiger partial charge in [-0.3, -0.25) is 5.10 Å². The molecular formula is C21H28N4O2S. The highest BCUT2D eigenvalue weighted by atomic mass is 32.2. The van der Waals surface area contributed by atoms with E-state index in [1.54, 1.807) is 25.1 Å². The maximum atomic E-state index is 12.9. The molecule has 2 atom stereocenters. The first-order chi connectivity index (χ1) is 13.2. The third-order valence-corrected chi connectivity index (χ3v) is 8.42. The molecule has 0 aliphatic carbocycles. The van der Waals surface area contributed by atoms with Crippen molar-refractivity contribution in [2.45, 2.75) is 51.4 Å². The van der Waals surface area contributed by atoms with Gasteiger partial charge in [-0.2, -0.15) is 9.40 Å². The highest BCUT2D eigenvalue weighted by molar-refractivity contribution is 7.90. The fourth-order valence-corrected chi connectivity index (χ4v) is 5.82. The van der Waals surface area contributed by atoms with Crippen molar-refractivity contribution >= 4 is 20.9 Å². The van der Waals surface area contributed by atoms with Crippen molar-refractivity contribution in [3.8, 4) is 11.1 Å². The number of hydrogen-bond acceptors (Lipinski definition) is 3. The molecule has 3 aromatic rings. The third kappa shape index (κ3) is 3.26. The zero-order valence-corrected chi connectivity index (χ0v) is 17.7. The molecule has 0 amide bonds. The molecule has 1 aliphatic rings. The molecule has 1 aliphatic heterocycles. The number of nitrogens with one attached hydrogen (secondary N) is 1. The van der Waals surface area contributed by atoms with Gasteiger partial charge in [-0.15, -0.1) is 0 Å². The van der Waals surface area contributed by atoms with E-state index in [0.29, 0.717) is 12.5 Å². The summed E-state index contributed by atoms with van der Waals surface area (Å²) in [6.45, 7) is 8.77. The van der Waals surface area contributed by atoms with Crippen LogP contribution >= 0.6 is 0 Å². The number of benzene rings is 1. The number of aromatic amines is 1. The molecule has 0 radical (unpaired) electrons. The quantitative estimate of drug-likeness (QED) is 0.723. The van der Waals surface area contributed by atoms with E-state index in [9.17, 15) is 8.42 Å². The van der Waals surface area contributed by atoms with Gasteiger partial charge in [0, 0.05) is 48.0 Å². The van der Waals surface area contributed by atoms with Crippen LogP contribution < -0.4 is 0 Å². The molecule has 0 bridgehead atoms. The first kappa shape index (κ1) is 19.2. The zero-order valence-electron chi connectivity index (χ0n) is 16.9. The van der Waals surface area contributed by atoms with Crippen molar-refractivity contribution in [3.63, 3.8) is 0 Å². The van der Waals surface area contributed by atoms with Crippen LogP contribution in [0.15, 0.2) is 42.9 Å². The van der Waals surface area contributed by atoms with Crippen LogP contribution in [0.25, 0.3) is 22.0 Å². The molecule has 7 heteroatoms. The number of rotatable bonds is 4. The van der Waals surface area contributed by atoms with E-state index in [4.69, 9.17) is 0 Å². The minimum atomic E-state index is -3.30. The first-order valence-electron chi connectivity index (χ1n) is 9.76. The van der Waals surface area contributed by atoms with E-state index < -0.39 is 14.8 Å². The van der Waals surface area contributed by atoms with Gasteiger partial charge in [0.2, 0.25) is 10.0 Å². The van der Waals surface area contributed by atoms with E-state index in [0.717, 1.165) is 24.1 Å². The van der Waals surface area contributed by atoms with Crippen molar-refractivity contribution in [3.05, 3.63) is 42.9 Å². The predicted octanol–water partition coefficient (Wildman–Crippen LogP) is 3.87. The summed E-state index contributed by atoms with van der Waals surface area (Å²) in [5, 5.41) is 8.06. The Labute approximate surface area is 166 Å². The summed E-state index contributed by atoms with van der Waals surface area (Å²) in [5.74, 6) is 0.316. The number of nitrogens with zero attached hydrogens (tertiary/aromatic N) is 3. The summed E-state index contributed by atoms with van der Waals surface area (Å²) in [6.07, 6.45) is 6.71. The van der Waals surface area contributed by atoms with E-state index in [1.165, 1.54) is 10.9 Å². The summed E-state index contributed by atoms with van der Waals surface area (Å²) in [4.78, 5) is 0. The standard InChI is InChI=1S/C21H28N4O2S/c1-15-9-16(14-25(15)28(26,27)21(2,3)4)13-24-8-7-18-10-17(5-6-20(18)24)19-11-22-23-12-19/h5-8,10-12,15-16H,9,13-14H2,1-4H3,(H,22,23). The molecule has 3 heterocycles. The Morgan fingerprint density at radius 1 is 1.21 bits per heavy atom. The Hall–Kier alpha value is -2.12. The number of fused-ring (bicyclic) bond motifs is 1. The molecule has 2 aromatic heterocycles. The summed E-state index contributed by atoms with van der Waals surface area (Å²) in [6, 6.07) is 8.59. The van der Waals surface area contributed by atoms with Crippen molar-refractivity contribution in [1.29, 1.82) is 0 Å². The molecule has 28 heavy (non-hydrogen) atoms. The molecule has 0 spiro atoms. The van der Waals surface area contributed by atoms with E-state index >= 15 is 0 Å². The van der Waals surface area contributed by atoms with Crippen LogP contribution in [0.4, 0.5) is 0 Å². The highest BCUT2D eigenvalue weighted by Gasteiger charge is 2.43. The number of aromatic nitrogens is 3.